The Morgan fingerprint density at radius 1 is 1.50 bits per heavy atom. The zero-order valence-electron chi connectivity index (χ0n) is 10.2. The van der Waals surface area contributed by atoms with Crippen LogP contribution in [0.4, 0.5) is 4.39 Å². The number of carbonyl (C=O) groups excluding carboxylic acids is 1. The number of halogens is 2. The first kappa shape index (κ1) is 14.7. The van der Waals surface area contributed by atoms with Crippen LogP contribution in [0.3, 0.4) is 0 Å². The number of rotatable bonds is 6. The second-order valence-corrected chi connectivity index (χ2v) is 4.20. The van der Waals surface area contributed by atoms with Gasteiger partial charge in [0.25, 0.3) is 5.91 Å². The van der Waals surface area contributed by atoms with Crippen molar-refractivity contribution in [3.63, 3.8) is 0 Å². The molecule has 0 heterocycles. The van der Waals surface area contributed by atoms with Gasteiger partial charge in [0.15, 0.2) is 0 Å². The molecular weight excluding hydrogens is 261 g/mol. The first-order chi connectivity index (χ1) is 8.60. The Labute approximate surface area is 110 Å². The summed E-state index contributed by atoms with van der Waals surface area (Å²) in [5.74, 6) is -1.01. The maximum atomic E-state index is 13.6. The molecule has 1 unspecified atom stereocenters. The smallest absolute Gasteiger partial charge is 0.258 e. The lowest BCUT2D eigenvalue weighted by Gasteiger charge is -2.12. The molecule has 0 bridgehead atoms. The third-order valence-electron chi connectivity index (χ3n) is 2.25. The van der Waals surface area contributed by atoms with E-state index in [0.29, 0.717) is 6.61 Å². The summed E-state index contributed by atoms with van der Waals surface area (Å²) >= 11 is 5.86. The highest BCUT2D eigenvalue weighted by Crippen LogP contribution is 2.20. The van der Waals surface area contributed by atoms with Crippen molar-refractivity contribution in [1.29, 1.82) is 0 Å². The molecule has 0 aliphatic heterocycles. The predicted octanol–water partition coefficient (Wildman–Crippen LogP) is 1.82. The maximum absolute atomic E-state index is 13.6. The molecule has 0 saturated carbocycles. The average Bonchev–Trinajstić information content (AvgIpc) is 2.36. The number of carbonyl (C=O) groups is 1. The van der Waals surface area contributed by atoms with E-state index in [4.69, 9.17) is 21.1 Å². The van der Waals surface area contributed by atoms with Crippen LogP contribution in [0.2, 0.25) is 0 Å². The Morgan fingerprint density at radius 2 is 2.22 bits per heavy atom. The van der Waals surface area contributed by atoms with E-state index < -0.39 is 11.7 Å². The zero-order valence-corrected chi connectivity index (χ0v) is 11.0. The number of methoxy groups -OCH3 is 2. The van der Waals surface area contributed by atoms with Crippen LogP contribution in [-0.4, -0.2) is 38.7 Å². The molecule has 1 rings (SSSR count). The molecule has 1 aromatic rings. The summed E-state index contributed by atoms with van der Waals surface area (Å²) in [5, 5.41) is 2.16. The lowest BCUT2D eigenvalue weighted by molar-refractivity contribution is 0.0942. The van der Waals surface area contributed by atoms with Crippen molar-refractivity contribution in [3.05, 3.63) is 29.6 Å². The van der Waals surface area contributed by atoms with Gasteiger partial charge in [-0.25, -0.2) is 4.39 Å². The first-order valence-electron chi connectivity index (χ1n) is 5.33. The number of hydrogen-bond donors (Lipinski definition) is 1. The van der Waals surface area contributed by atoms with Gasteiger partial charge in [-0.3, -0.25) is 4.79 Å². The monoisotopic (exact) mass is 275 g/mol. The summed E-state index contributed by atoms with van der Waals surface area (Å²) < 4.78 is 23.3. The van der Waals surface area contributed by atoms with Crippen molar-refractivity contribution < 1.29 is 18.7 Å². The molecule has 4 nitrogen and oxygen atoms in total. The van der Waals surface area contributed by atoms with E-state index in [2.05, 4.69) is 5.32 Å². The third-order valence-corrected chi connectivity index (χ3v) is 2.53. The highest BCUT2D eigenvalue weighted by Gasteiger charge is 2.18. The fourth-order valence-corrected chi connectivity index (χ4v) is 1.63. The second-order valence-electron chi connectivity index (χ2n) is 3.58. The molecule has 0 radical (unpaired) electrons. The molecule has 0 saturated heterocycles. The molecule has 1 N–H and O–H groups in total. The molecule has 1 amide bonds. The van der Waals surface area contributed by atoms with Gasteiger partial charge in [0.05, 0.1) is 19.1 Å². The molecule has 0 spiro atoms. The van der Waals surface area contributed by atoms with Crippen molar-refractivity contribution in [2.24, 2.45) is 0 Å². The molecule has 0 fully saturated rings. The van der Waals surface area contributed by atoms with Gasteiger partial charge in [-0.05, 0) is 12.1 Å². The number of amides is 1. The SMILES string of the molecule is COCC(Cl)CNC(=O)c1c(F)cccc1OC. The van der Waals surface area contributed by atoms with Crippen molar-refractivity contribution in [1.82, 2.24) is 5.32 Å². The van der Waals surface area contributed by atoms with Crippen LogP contribution >= 0.6 is 11.6 Å². The lowest BCUT2D eigenvalue weighted by Crippen LogP contribution is -2.32. The van der Waals surface area contributed by atoms with Gasteiger partial charge < -0.3 is 14.8 Å². The van der Waals surface area contributed by atoms with Gasteiger partial charge >= 0.3 is 0 Å². The Bertz CT molecular complexity index is 414. The Balaban J connectivity index is 2.72. The number of hydrogen-bond acceptors (Lipinski definition) is 3. The van der Waals surface area contributed by atoms with Gasteiger partial charge in [0.2, 0.25) is 0 Å². The third kappa shape index (κ3) is 3.85. The molecule has 0 aliphatic carbocycles. The Kier molecular flexibility index (Phi) is 5.88. The first-order valence-corrected chi connectivity index (χ1v) is 5.77. The van der Waals surface area contributed by atoms with E-state index in [0.717, 1.165) is 0 Å². The highest BCUT2D eigenvalue weighted by molar-refractivity contribution is 6.21. The Morgan fingerprint density at radius 3 is 2.83 bits per heavy atom. The van der Waals surface area contributed by atoms with Gasteiger partial charge in [0.1, 0.15) is 17.1 Å². The fourth-order valence-electron chi connectivity index (χ4n) is 1.43. The summed E-state index contributed by atoms with van der Waals surface area (Å²) in [4.78, 5) is 11.8. The minimum atomic E-state index is -0.635. The summed E-state index contributed by atoms with van der Waals surface area (Å²) in [6.45, 7) is 0.488. The zero-order chi connectivity index (χ0) is 13.5. The number of benzene rings is 1. The van der Waals surface area contributed by atoms with Gasteiger partial charge in [0, 0.05) is 13.7 Å². The number of alkyl halides is 1. The molecule has 100 valence electrons. The summed E-state index contributed by atoms with van der Waals surface area (Å²) in [6, 6.07) is 4.19. The van der Waals surface area contributed by atoms with E-state index >= 15 is 0 Å². The molecule has 1 atom stereocenters. The minimum Gasteiger partial charge on any atom is -0.496 e. The summed E-state index contributed by atoms with van der Waals surface area (Å²) in [7, 11) is 2.89. The van der Waals surface area contributed by atoms with Crippen LogP contribution < -0.4 is 10.1 Å². The van der Waals surface area contributed by atoms with Gasteiger partial charge in [-0.15, -0.1) is 11.6 Å². The largest absolute Gasteiger partial charge is 0.496 e. The second kappa shape index (κ2) is 7.18. The van der Waals surface area contributed by atoms with E-state index in [1.165, 1.54) is 32.4 Å². The van der Waals surface area contributed by atoms with Crippen LogP contribution in [-0.2, 0) is 4.74 Å². The van der Waals surface area contributed by atoms with Crippen molar-refractivity contribution >= 4 is 17.5 Å². The van der Waals surface area contributed by atoms with Crippen molar-refractivity contribution in [2.45, 2.75) is 5.38 Å². The Hall–Kier alpha value is -1.33. The van der Waals surface area contributed by atoms with Crippen molar-refractivity contribution in [2.75, 3.05) is 27.4 Å². The standard InChI is InChI=1S/C12H15ClFNO3/c1-17-7-8(13)6-15-12(16)11-9(14)4-3-5-10(11)18-2/h3-5,8H,6-7H2,1-2H3,(H,15,16). The van der Waals surface area contributed by atoms with Gasteiger partial charge in [-0.1, -0.05) is 6.07 Å². The molecular formula is C12H15ClFNO3. The van der Waals surface area contributed by atoms with E-state index in [1.54, 1.807) is 0 Å². The normalized spacial score (nSPS) is 12.0. The number of nitrogens with one attached hydrogen (secondary N) is 1. The van der Waals surface area contributed by atoms with E-state index in [9.17, 15) is 9.18 Å². The van der Waals surface area contributed by atoms with Gasteiger partial charge in [-0.2, -0.15) is 0 Å². The predicted molar refractivity (Wildman–Crippen MR) is 66.8 cm³/mol. The average molecular weight is 276 g/mol. The summed E-state index contributed by atoms with van der Waals surface area (Å²) in [5.41, 5.74) is -0.124. The molecule has 6 heteroatoms. The molecule has 0 aliphatic rings. The van der Waals surface area contributed by atoms with Crippen LogP contribution in [0, 0.1) is 5.82 Å². The van der Waals surface area contributed by atoms with Crippen molar-refractivity contribution in [3.8, 4) is 5.75 Å². The molecule has 1 aromatic carbocycles. The highest BCUT2D eigenvalue weighted by atomic mass is 35.5. The molecule has 18 heavy (non-hydrogen) atoms. The van der Waals surface area contributed by atoms with E-state index in [-0.39, 0.29) is 23.2 Å². The maximum Gasteiger partial charge on any atom is 0.258 e. The fraction of sp³-hybridized carbons (Fsp3) is 0.417. The summed E-state index contributed by atoms with van der Waals surface area (Å²) in [6.07, 6.45) is 0. The number of ether oxygens (including phenoxy) is 2. The minimum absolute atomic E-state index is 0.124. The topological polar surface area (TPSA) is 47.6 Å². The van der Waals surface area contributed by atoms with E-state index in [1.807, 2.05) is 0 Å². The lowest BCUT2D eigenvalue weighted by atomic mass is 10.1. The quantitative estimate of drug-likeness (QED) is 0.806. The van der Waals surface area contributed by atoms with Crippen LogP contribution in [0.25, 0.3) is 0 Å². The van der Waals surface area contributed by atoms with Crippen LogP contribution in [0.5, 0.6) is 5.75 Å². The molecule has 0 aromatic heterocycles. The van der Waals surface area contributed by atoms with Crippen LogP contribution in [0.15, 0.2) is 18.2 Å². The van der Waals surface area contributed by atoms with Crippen LogP contribution in [0.1, 0.15) is 10.4 Å².